The molecule has 6 nitrogen and oxygen atoms in total. The average Bonchev–Trinajstić information content (AvgIpc) is 2.78. The Kier molecular flexibility index (Phi) is 7.15. The Morgan fingerprint density at radius 2 is 1.72 bits per heavy atom. The second-order valence-electron chi connectivity index (χ2n) is 7.34. The van der Waals surface area contributed by atoms with Crippen molar-refractivity contribution in [2.45, 2.75) is 24.8 Å². The monoisotopic (exact) mass is 456 g/mol. The van der Waals surface area contributed by atoms with Gasteiger partial charge >= 0.3 is 0 Å². The van der Waals surface area contributed by atoms with E-state index in [9.17, 15) is 17.6 Å². The number of amides is 1. The van der Waals surface area contributed by atoms with Gasteiger partial charge in [-0.15, -0.1) is 0 Å². The van der Waals surface area contributed by atoms with Crippen LogP contribution in [0.1, 0.15) is 24.1 Å². The van der Waals surface area contributed by atoms with Gasteiger partial charge in [-0.3, -0.25) is 9.10 Å². The first-order chi connectivity index (χ1) is 15.2. The third kappa shape index (κ3) is 5.26. The number of methoxy groups -OCH3 is 1. The summed E-state index contributed by atoms with van der Waals surface area (Å²) in [5.41, 5.74) is 1.79. The summed E-state index contributed by atoms with van der Waals surface area (Å²) in [6.45, 7) is 3.09. The van der Waals surface area contributed by atoms with Crippen molar-refractivity contribution in [3.8, 4) is 5.75 Å². The summed E-state index contributed by atoms with van der Waals surface area (Å²) in [7, 11) is -2.73. The molecule has 0 aliphatic heterocycles. The van der Waals surface area contributed by atoms with Crippen molar-refractivity contribution >= 4 is 21.6 Å². The molecule has 0 fully saturated rings. The fourth-order valence-corrected chi connectivity index (χ4v) is 4.93. The first-order valence-electron chi connectivity index (χ1n) is 9.99. The summed E-state index contributed by atoms with van der Waals surface area (Å²) in [5, 5.41) is 2.78. The van der Waals surface area contributed by atoms with Crippen LogP contribution < -0.4 is 14.4 Å². The summed E-state index contributed by atoms with van der Waals surface area (Å²) in [5.74, 6) is -0.682. The van der Waals surface area contributed by atoms with E-state index in [0.29, 0.717) is 11.3 Å². The summed E-state index contributed by atoms with van der Waals surface area (Å²) in [4.78, 5) is 12.8. The number of hydrogen-bond acceptors (Lipinski definition) is 4. The summed E-state index contributed by atoms with van der Waals surface area (Å²) >= 11 is 0. The van der Waals surface area contributed by atoms with Gasteiger partial charge in [-0.25, -0.2) is 12.8 Å². The van der Waals surface area contributed by atoms with Crippen molar-refractivity contribution in [2.24, 2.45) is 0 Å². The normalized spacial score (nSPS) is 12.1. The molecule has 1 N–H and O–H groups in total. The van der Waals surface area contributed by atoms with Crippen LogP contribution >= 0.6 is 0 Å². The lowest BCUT2D eigenvalue weighted by Gasteiger charge is -2.26. The highest BCUT2D eigenvalue weighted by Crippen LogP contribution is 2.30. The number of benzene rings is 3. The van der Waals surface area contributed by atoms with Gasteiger partial charge < -0.3 is 10.1 Å². The number of sulfonamides is 1. The molecule has 1 amide bonds. The molecule has 3 rings (SSSR count). The zero-order chi connectivity index (χ0) is 23.3. The quantitative estimate of drug-likeness (QED) is 0.551. The van der Waals surface area contributed by atoms with E-state index in [4.69, 9.17) is 4.74 Å². The minimum Gasteiger partial charge on any atom is -0.495 e. The Morgan fingerprint density at radius 1 is 1.06 bits per heavy atom. The van der Waals surface area contributed by atoms with Crippen molar-refractivity contribution < 1.29 is 22.3 Å². The first kappa shape index (κ1) is 23.3. The Bertz CT molecular complexity index is 1180. The number of rotatable bonds is 8. The molecule has 32 heavy (non-hydrogen) atoms. The second kappa shape index (κ2) is 9.82. The van der Waals surface area contributed by atoms with E-state index in [1.165, 1.54) is 25.3 Å². The number of para-hydroxylation sites is 1. The molecule has 3 aromatic carbocycles. The molecule has 1 unspecified atom stereocenters. The number of nitrogens with one attached hydrogen (secondary N) is 1. The van der Waals surface area contributed by atoms with E-state index in [-0.39, 0.29) is 16.5 Å². The minimum atomic E-state index is -4.12. The highest BCUT2D eigenvalue weighted by atomic mass is 32.2. The topological polar surface area (TPSA) is 75.7 Å². The molecule has 0 aromatic heterocycles. The van der Waals surface area contributed by atoms with Crippen molar-refractivity contribution in [1.29, 1.82) is 0 Å². The molecule has 0 saturated carbocycles. The lowest BCUT2D eigenvalue weighted by atomic mass is 10.1. The molecule has 8 heteroatoms. The number of anilines is 1. The molecule has 0 aliphatic rings. The van der Waals surface area contributed by atoms with Gasteiger partial charge in [0, 0.05) is 0 Å². The summed E-state index contributed by atoms with van der Waals surface area (Å²) in [6.07, 6.45) is 0. The maximum Gasteiger partial charge on any atom is 0.268 e. The van der Waals surface area contributed by atoms with Gasteiger partial charge in [-0.05, 0) is 61.4 Å². The molecule has 0 bridgehead atoms. The van der Waals surface area contributed by atoms with E-state index in [1.807, 2.05) is 0 Å². The molecule has 168 valence electrons. The highest BCUT2D eigenvalue weighted by Gasteiger charge is 2.30. The van der Waals surface area contributed by atoms with Gasteiger partial charge in [0.25, 0.3) is 10.0 Å². The molecule has 0 saturated heterocycles. The van der Waals surface area contributed by atoms with E-state index in [2.05, 4.69) is 5.32 Å². The number of ether oxygens (including phenoxy) is 1. The lowest BCUT2D eigenvalue weighted by Crippen LogP contribution is -2.41. The van der Waals surface area contributed by atoms with E-state index < -0.39 is 28.5 Å². The Morgan fingerprint density at radius 3 is 2.34 bits per heavy atom. The number of nitrogens with zero attached hydrogens (tertiary/aromatic N) is 1. The standard InChI is InChI=1S/C24H25FN2O4S/c1-17-9-14-22(31-3)23(15-17)32(29,30)27(21-7-5-4-6-8-21)16-24(28)26-18(2)19-10-12-20(25)13-11-19/h4-15,18H,16H2,1-3H3,(H,26,28). The lowest BCUT2D eigenvalue weighted by molar-refractivity contribution is -0.120. The minimum absolute atomic E-state index is 0.0248. The number of aryl methyl sites for hydroxylation is 1. The van der Waals surface area contributed by atoms with E-state index in [1.54, 1.807) is 68.4 Å². The van der Waals surface area contributed by atoms with Gasteiger partial charge in [0.15, 0.2) is 0 Å². The molecule has 0 aliphatic carbocycles. The van der Waals surface area contributed by atoms with E-state index in [0.717, 1.165) is 9.87 Å². The molecule has 0 radical (unpaired) electrons. The highest BCUT2D eigenvalue weighted by molar-refractivity contribution is 7.93. The third-order valence-electron chi connectivity index (χ3n) is 4.97. The number of carbonyl (C=O) groups excluding carboxylic acids is 1. The molecule has 0 spiro atoms. The van der Waals surface area contributed by atoms with E-state index >= 15 is 0 Å². The van der Waals surface area contributed by atoms with Crippen LogP contribution in [0.4, 0.5) is 10.1 Å². The molecule has 0 heterocycles. The van der Waals surface area contributed by atoms with Crippen LogP contribution in [0.25, 0.3) is 0 Å². The van der Waals surface area contributed by atoms with Crippen LogP contribution in [0.15, 0.2) is 77.7 Å². The smallest absolute Gasteiger partial charge is 0.268 e. The Balaban J connectivity index is 1.93. The van der Waals surface area contributed by atoms with Gasteiger partial charge in [0.2, 0.25) is 5.91 Å². The van der Waals surface area contributed by atoms with Crippen LogP contribution in [-0.4, -0.2) is 28.0 Å². The average molecular weight is 457 g/mol. The number of carbonyl (C=O) groups is 1. The first-order valence-corrected chi connectivity index (χ1v) is 11.4. The van der Waals surface area contributed by atoms with Crippen molar-refractivity contribution in [2.75, 3.05) is 18.0 Å². The van der Waals surface area contributed by atoms with Crippen molar-refractivity contribution in [3.05, 3.63) is 89.7 Å². The largest absolute Gasteiger partial charge is 0.495 e. The fourth-order valence-electron chi connectivity index (χ4n) is 3.27. The van der Waals surface area contributed by atoms with Crippen molar-refractivity contribution in [3.63, 3.8) is 0 Å². The Hall–Kier alpha value is -3.39. The molecular formula is C24H25FN2O4S. The SMILES string of the molecule is COc1ccc(C)cc1S(=O)(=O)N(CC(=O)NC(C)c1ccc(F)cc1)c1ccccc1. The van der Waals surface area contributed by atoms with Gasteiger partial charge in [-0.1, -0.05) is 36.4 Å². The van der Waals surface area contributed by atoms with Crippen LogP contribution in [0.5, 0.6) is 5.75 Å². The predicted octanol–water partition coefficient (Wildman–Crippen LogP) is 4.22. The maximum absolute atomic E-state index is 13.6. The number of hydrogen-bond donors (Lipinski definition) is 1. The van der Waals surface area contributed by atoms with Crippen LogP contribution in [-0.2, 0) is 14.8 Å². The predicted molar refractivity (Wildman–Crippen MR) is 122 cm³/mol. The summed E-state index contributed by atoms with van der Waals surface area (Å²) < 4.78 is 46.7. The summed E-state index contributed by atoms with van der Waals surface area (Å²) in [6, 6.07) is 18.6. The Labute approximate surface area is 187 Å². The van der Waals surface area contributed by atoms with Crippen LogP contribution in [0.3, 0.4) is 0 Å². The maximum atomic E-state index is 13.6. The molecular weight excluding hydrogens is 431 g/mol. The zero-order valence-corrected chi connectivity index (χ0v) is 18.9. The fraction of sp³-hybridized carbons (Fsp3) is 0.208. The molecule has 1 atom stereocenters. The zero-order valence-electron chi connectivity index (χ0n) is 18.1. The van der Waals surface area contributed by atoms with Crippen molar-refractivity contribution in [1.82, 2.24) is 5.32 Å². The molecule has 3 aromatic rings. The third-order valence-corrected chi connectivity index (χ3v) is 6.76. The number of halogens is 1. The van der Waals surface area contributed by atoms with Crippen LogP contribution in [0.2, 0.25) is 0 Å². The van der Waals surface area contributed by atoms with Gasteiger partial charge in [-0.2, -0.15) is 0 Å². The van der Waals surface area contributed by atoms with Gasteiger partial charge in [0.1, 0.15) is 23.0 Å². The van der Waals surface area contributed by atoms with Gasteiger partial charge in [0.05, 0.1) is 18.8 Å². The van der Waals surface area contributed by atoms with Crippen LogP contribution in [0, 0.1) is 12.7 Å². The second-order valence-corrected chi connectivity index (χ2v) is 9.17.